The molecule has 2 heterocycles. The van der Waals surface area contributed by atoms with Crippen LogP contribution in [0.15, 0.2) is 60.4 Å². The second kappa shape index (κ2) is 5.64. The summed E-state index contributed by atoms with van der Waals surface area (Å²) in [5.41, 5.74) is 4.02. The van der Waals surface area contributed by atoms with Crippen LogP contribution < -0.4 is 5.32 Å². The van der Waals surface area contributed by atoms with Crippen LogP contribution in [0.4, 0.5) is 10.1 Å². The van der Waals surface area contributed by atoms with Crippen molar-refractivity contribution in [2.24, 2.45) is 0 Å². The van der Waals surface area contributed by atoms with Gasteiger partial charge in [-0.15, -0.1) is 0 Å². The predicted octanol–water partition coefficient (Wildman–Crippen LogP) is 4.17. The Morgan fingerprint density at radius 3 is 2.96 bits per heavy atom. The van der Waals surface area contributed by atoms with Gasteiger partial charge in [0.05, 0.1) is 12.2 Å². The molecule has 24 heavy (non-hydrogen) atoms. The van der Waals surface area contributed by atoms with Crippen molar-refractivity contribution < 1.29 is 13.9 Å². The molecule has 3 nitrogen and oxygen atoms in total. The molecule has 2 aromatic carbocycles. The number of anilines is 1. The standard InChI is InChI=1S/C20H16FNO2/c1-12-3-2-4-13(7-12)14-8-16(24-11-14)10-18-17-9-15(21)5-6-19(17)22-20(18)23/h2-10,14H,11H2,1H3,(H,22,23)/b18-10+. The molecule has 1 atom stereocenters. The Labute approximate surface area is 139 Å². The molecule has 2 aromatic rings. The lowest BCUT2D eigenvalue weighted by atomic mass is 9.98. The van der Waals surface area contributed by atoms with Crippen LogP contribution in [0.5, 0.6) is 0 Å². The minimum atomic E-state index is -0.366. The SMILES string of the molecule is Cc1cccc(C2C=C(/C=C3/C(=O)Nc4ccc(F)cc43)OC2)c1. The molecule has 0 aliphatic carbocycles. The van der Waals surface area contributed by atoms with E-state index >= 15 is 0 Å². The van der Waals surface area contributed by atoms with E-state index in [2.05, 4.69) is 30.4 Å². The van der Waals surface area contributed by atoms with E-state index in [1.165, 1.54) is 23.3 Å². The van der Waals surface area contributed by atoms with Crippen LogP contribution in [0, 0.1) is 12.7 Å². The third kappa shape index (κ3) is 2.60. The average Bonchev–Trinajstić information content (AvgIpc) is 3.14. The van der Waals surface area contributed by atoms with Crippen molar-refractivity contribution in [2.45, 2.75) is 12.8 Å². The zero-order valence-corrected chi connectivity index (χ0v) is 13.2. The lowest BCUT2D eigenvalue weighted by Gasteiger charge is -2.06. The molecule has 0 saturated heterocycles. The van der Waals surface area contributed by atoms with Crippen LogP contribution >= 0.6 is 0 Å². The smallest absolute Gasteiger partial charge is 0.256 e. The summed E-state index contributed by atoms with van der Waals surface area (Å²) in [6.07, 6.45) is 3.70. The van der Waals surface area contributed by atoms with Crippen LogP contribution in [0.3, 0.4) is 0 Å². The fourth-order valence-corrected chi connectivity index (χ4v) is 3.11. The van der Waals surface area contributed by atoms with E-state index < -0.39 is 0 Å². The van der Waals surface area contributed by atoms with Crippen molar-refractivity contribution in [3.8, 4) is 0 Å². The molecule has 120 valence electrons. The molecule has 4 rings (SSSR count). The van der Waals surface area contributed by atoms with Crippen molar-refractivity contribution in [3.63, 3.8) is 0 Å². The molecular weight excluding hydrogens is 305 g/mol. The van der Waals surface area contributed by atoms with Crippen molar-refractivity contribution in [2.75, 3.05) is 11.9 Å². The first-order valence-corrected chi connectivity index (χ1v) is 7.84. The van der Waals surface area contributed by atoms with E-state index in [4.69, 9.17) is 4.74 Å². The van der Waals surface area contributed by atoms with E-state index in [9.17, 15) is 9.18 Å². The number of aryl methyl sites for hydroxylation is 1. The molecule has 0 spiro atoms. The number of rotatable bonds is 2. The normalized spacial score (nSPS) is 20.6. The Balaban J connectivity index is 1.66. The first kappa shape index (κ1) is 14.7. The lowest BCUT2D eigenvalue weighted by Crippen LogP contribution is -2.04. The predicted molar refractivity (Wildman–Crippen MR) is 91.0 cm³/mol. The Kier molecular flexibility index (Phi) is 3.45. The van der Waals surface area contributed by atoms with Crippen molar-refractivity contribution >= 4 is 17.2 Å². The average molecular weight is 321 g/mol. The minimum Gasteiger partial charge on any atom is -0.493 e. The van der Waals surface area contributed by atoms with Gasteiger partial charge >= 0.3 is 0 Å². The largest absolute Gasteiger partial charge is 0.493 e. The number of hydrogen-bond donors (Lipinski definition) is 1. The Hall–Kier alpha value is -2.88. The summed E-state index contributed by atoms with van der Waals surface area (Å²) >= 11 is 0. The molecule has 1 amide bonds. The highest BCUT2D eigenvalue weighted by Gasteiger charge is 2.26. The molecule has 2 aliphatic heterocycles. The van der Waals surface area contributed by atoms with Gasteiger partial charge in [-0.2, -0.15) is 0 Å². The molecule has 2 aliphatic rings. The van der Waals surface area contributed by atoms with E-state index in [1.54, 1.807) is 12.1 Å². The van der Waals surface area contributed by atoms with Crippen LogP contribution in [-0.4, -0.2) is 12.5 Å². The second-order valence-electron chi connectivity index (χ2n) is 6.10. The number of carbonyl (C=O) groups is 1. The quantitative estimate of drug-likeness (QED) is 0.843. The van der Waals surface area contributed by atoms with Gasteiger partial charge < -0.3 is 10.1 Å². The van der Waals surface area contributed by atoms with E-state index in [1.807, 2.05) is 12.1 Å². The minimum absolute atomic E-state index is 0.160. The summed E-state index contributed by atoms with van der Waals surface area (Å²) in [6, 6.07) is 12.6. The summed E-state index contributed by atoms with van der Waals surface area (Å²) < 4.78 is 19.2. The number of hydrogen-bond acceptors (Lipinski definition) is 2. The number of allylic oxidation sites excluding steroid dienone is 1. The molecular formula is C20H16FNO2. The van der Waals surface area contributed by atoms with E-state index in [-0.39, 0.29) is 17.6 Å². The van der Waals surface area contributed by atoms with Gasteiger partial charge in [0.25, 0.3) is 5.91 Å². The number of benzene rings is 2. The van der Waals surface area contributed by atoms with Crippen molar-refractivity contribution in [1.29, 1.82) is 0 Å². The Bertz CT molecular complexity index is 898. The van der Waals surface area contributed by atoms with Gasteiger partial charge in [0.15, 0.2) is 0 Å². The topological polar surface area (TPSA) is 38.3 Å². The maximum Gasteiger partial charge on any atom is 0.256 e. The number of fused-ring (bicyclic) bond motifs is 1. The van der Waals surface area contributed by atoms with Crippen LogP contribution in [-0.2, 0) is 9.53 Å². The highest BCUT2D eigenvalue weighted by Crippen LogP contribution is 2.35. The fraction of sp³-hybridized carbons (Fsp3) is 0.150. The Morgan fingerprint density at radius 1 is 1.25 bits per heavy atom. The molecule has 0 radical (unpaired) electrons. The summed E-state index contributed by atoms with van der Waals surface area (Å²) in [6.45, 7) is 2.60. The maximum atomic E-state index is 13.5. The van der Waals surface area contributed by atoms with Gasteiger partial charge in [-0.3, -0.25) is 4.79 Å². The molecule has 0 saturated carbocycles. The number of nitrogens with one attached hydrogen (secondary N) is 1. The van der Waals surface area contributed by atoms with Crippen LogP contribution in [0.1, 0.15) is 22.6 Å². The van der Waals surface area contributed by atoms with E-state index in [0.29, 0.717) is 29.2 Å². The van der Waals surface area contributed by atoms with Crippen molar-refractivity contribution in [1.82, 2.24) is 0 Å². The van der Waals surface area contributed by atoms with Gasteiger partial charge in [-0.25, -0.2) is 4.39 Å². The zero-order valence-electron chi connectivity index (χ0n) is 13.2. The molecule has 0 fully saturated rings. The molecule has 0 aromatic heterocycles. The third-order valence-electron chi connectivity index (χ3n) is 4.32. The summed E-state index contributed by atoms with van der Waals surface area (Å²) in [5, 5.41) is 2.74. The number of halogens is 1. The summed E-state index contributed by atoms with van der Waals surface area (Å²) in [7, 11) is 0. The molecule has 0 bridgehead atoms. The summed E-state index contributed by atoms with van der Waals surface area (Å²) in [4.78, 5) is 12.1. The number of ether oxygens (including phenoxy) is 1. The van der Waals surface area contributed by atoms with Crippen LogP contribution in [0.2, 0.25) is 0 Å². The highest BCUT2D eigenvalue weighted by molar-refractivity contribution is 6.31. The van der Waals surface area contributed by atoms with Crippen molar-refractivity contribution in [3.05, 3.63) is 82.9 Å². The van der Waals surface area contributed by atoms with Gasteiger partial charge in [0.2, 0.25) is 0 Å². The first-order valence-electron chi connectivity index (χ1n) is 7.84. The molecule has 1 N–H and O–H groups in total. The monoisotopic (exact) mass is 321 g/mol. The van der Waals surface area contributed by atoms with E-state index in [0.717, 1.165) is 0 Å². The Morgan fingerprint density at radius 2 is 2.12 bits per heavy atom. The summed E-state index contributed by atoms with van der Waals surface area (Å²) in [5.74, 6) is 0.200. The molecule has 1 unspecified atom stereocenters. The number of amides is 1. The highest BCUT2D eigenvalue weighted by atomic mass is 19.1. The van der Waals surface area contributed by atoms with Gasteiger partial charge in [-0.05, 0) is 42.8 Å². The first-order chi connectivity index (χ1) is 11.6. The fourth-order valence-electron chi connectivity index (χ4n) is 3.11. The zero-order chi connectivity index (χ0) is 16.7. The third-order valence-corrected chi connectivity index (χ3v) is 4.32. The maximum absolute atomic E-state index is 13.5. The second-order valence-corrected chi connectivity index (χ2v) is 6.10. The van der Waals surface area contributed by atoms with Crippen LogP contribution in [0.25, 0.3) is 5.57 Å². The van der Waals surface area contributed by atoms with Gasteiger partial charge in [-0.1, -0.05) is 29.8 Å². The van der Waals surface area contributed by atoms with Gasteiger partial charge in [0.1, 0.15) is 11.6 Å². The molecule has 4 heteroatoms. The van der Waals surface area contributed by atoms with Gasteiger partial charge in [0, 0.05) is 17.2 Å². The lowest BCUT2D eigenvalue weighted by molar-refractivity contribution is -0.110. The number of carbonyl (C=O) groups excluding carboxylic acids is 1.